The Labute approximate surface area is 137 Å². The number of hydrogen-bond donors (Lipinski definition) is 2. The van der Waals surface area contributed by atoms with Crippen LogP contribution in [0.4, 0.5) is 24.8 Å². The highest BCUT2D eigenvalue weighted by Crippen LogP contribution is 2.29. The van der Waals surface area contributed by atoms with Crippen molar-refractivity contribution in [2.24, 2.45) is 5.92 Å². The van der Waals surface area contributed by atoms with Crippen LogP contribution in [0.2, 0.25) is 0 Å². The molecule has 0 radical (unpaired) electrons. The van der Waals surface area contributed by atoms with Crippen LogP contribution in [0, 0.1) is 5.92 Å². The molecule has 0 aliphatic carbocycles. The average molecular weight is 338 g/mol. The molecule has 2 N–H and O–H groups in total. The number of rotatable bonds is 5. The molecule has 1 heterocycles. The van der Waals surface area contributed by atoms with Crippen LogP contribution < -0.4 is 10.6 Å². The van der Waals surface area contributed by atoms with E-state index in [9.17, 15) is 18.0 Å². The van der Waals surface area contributed by atoms with E-state index in [-0.39, 0.29) is 11.4 Å². The zero-order valence-electron chi connectivity index (χ0n) is 13.2. The van der Waals surface area contributed by atoms with Crippen LogP contribution in [0.1, 0.15) is 29.9 Å². The summed E-state index contributed by atoms with van der Waals surface area (Å²) in [4.78, 5) is 20.2. The molecule has 0 saturated heterocycles. The van der Waals surface area contributed by atoms with Crippen LogP contribution >= 0.6 is 0 Å². The van der Waals surface area contributed by atoms with Gasteiger partial charge < -0.3 is 10.6 Å². The first kappa shape index (κ1) is 17.7. The number of nitrogens with zero attached hydrogens (tertiary/aromatic N) is 2. The van der Waals surface area contributed by atoms with Crippen LogP contribution in [0.5, 0.6) is 0 Å². The molecule has 128 valence electrons. The van der Waals surface area contributed by atoms with Gasteiger partial charge in [0.25, 0.3) is 5.91 Å². The molecule has 24 heavy (non-hydrogen) atoms. The number of carbonyl (C=O) groups is 1. The first-order valence-corrected chi connectivity index (χ1v) is 7.31. The molecule has 0 saturated carbocycles. The van der Waals surface area contributed by atoms with Gasteiger partial charge in [-0.15, -0.1) is 0 Å². The van der Waals surface area contributed by atoms with Crippen LogP contribution in [0.15, 0.2) is 36.5 Å². The Bertz CT molecular complexity index is 699. The summed E-state index contributed by atoms with van der Waals surface area (Å²) in [5.41, 5.74) is -0.401. The number of anilines is 2. The van der Waals surface area contributed by atoms with Gasteiger partial charge in [-0.3, -0.25) is 4.79 Å². The number of hydrogen-bond acceptors (Lipinski definition) is 4. The highest BCUT2D eigenvalue weighted by atomic mass is 19.4. The van der Waals surface area contributed by atoms with Crippen molar-refractivity contribution in [3.05, 3.63) is 47.8 Å². The second-order valence-electron chi connectivity index (χ2n) is 5.57. The Morgan fingerprint density at radius 3 is 2.42 bits per heavy atom. The maximum atomic E-state index is 12.5. The summed E-state index contributed by atoms with van der Waals surface area (Å²) >= 11 is 0. The third-order valence-corrected chi connectivity index (χ3v) is 3.03. The summed E-state index contributed by atoms with van der Waals surface area (Å²) in [5.74, 6) is 0.187. The lowest BCUT2D eigenvalue weighted by molar-refractivity contribution is -0.137. The van der Waals surface area contributed by atoms with Crippen molar-refractivity contribution in [3.8, 4) is 0 Å². The molecular weight excluding hydrogens is 321 g/mol. The molecule has 0 atom stereocenters. The van der Waals surface area contributed by atoms with Gasteiger partial charge in [0.2, 0.25) is 5.95 Å². The third-order valence-electron chi connectivity index (χ3n) is 3.03. The van der Waals surface area contributed by atoms with E-state index >= 15 is 0 Å². The first-order chi connectivity index (χ1) is 11.3. The number of halogens is 3. The summed E-state index contributed by atoms with van der Waals surface area (Å²) in [5, 5.41) is 5.50. The van der Waals surface area contributed by atoms with Crippen LogP contribution in [0.25, 0.3) is 0 Å². The van der Waals surface area contributed by atoms with Gasteiger partial charge in [-0.25, -0.2) is 9.97 Å². The van der Waals surface area contributed by atoms with Gasteiger partial charge in [-0.2, -0.15) is 13.2 Å². The number of amides is 1. The molecule has 2 aromatic rings. The fourth-order valence-electron chi connectivity index (χ4n) is 1.80. The molecule has 8 heteroatoms. The monoisotopic (exact) mass is 338 g/mol. The van der Waals surface area contributed by atoms with Crippen molar-refractivity contribution >= 4 is 17.5 Å². The van der Waals surface area contributed by atoms with Gasteiger partial charge in [-0.1, -0.05) is 13.8 Å². The lowest BCUT2D eigenvalue weighted by atomic mass is 10.2. The van der Waals surface area contributed by atoms with Gasteiger partial charge in [0.05, 0.1) is 5.56 Å². The molecule has 0 spiro atoms. The van der Waals surface area contributed by atoms with Gasteiger partial charge in [-0.05, 0) is 36.2 Å². The summed E-state index contributed by atoms with van der Waals surface area (Å²) < 4.78 is 37.5. The SMILES string of the molecule is CC(C)CNc1nccc(C(=O)Nc2ccc(C(F)(F)F)cc2)n1. The Balaban J connectivity index is 2.05. The largest absolute Gasteiger partial charge is 0.416 e. The highest BCUT2D eigenvalue weighted by molar-refractivity contribution is 6.02. The standard InChI is InChI=1S/C16H17F3N4O/c1-10(2)9-21-15-20-8-7-13(23-15)14(24)22-12-5-3-11(4-6-12)16(17,18)19/h3-8,10H,9H2,1-2H3,(H,22,24)(H,20,21,23). The van der Waals surface area contributed by atoms with E-state index in [1.54, 1.807) is 0 Å². The lowest BCUT2D eigenvalue weighted by Gasteiger charge is -2.10. The maximum absolute atomic E-state index is 12.5. The second-order valence-corrected chi connectivity index (χ2v) is 5.57. The molecule has 2 rings (SSSR count). The van der Waals surface area contributed by atoms with E-state index < -0.39 is 17.6 Å². The fourth-order valence-corrected chi connectivity index (χ4v) is 1.80. The minimum absolute atomic E-state index is 0.121. The number of alkyl halides is 3. The third kappa shape index (κ3) is 4.94. The molecule has 1 aromatic heterocycles. The fraction of sp³-hybridized carbons (Fsp3) is 0.312. The van der Waals surface area contributed by atoms with E-state index in [1.807, 2.05) is 13.8 Å². The van der Waals surface area contributed by atoms with Crippen molar-refractivity contribution in [1.82, 2.24) is 9.97 Å². The summed E-state index contributed by atoms with van der Waals surface area (Å²) in [7, 11) is 0. The molecule has 0 unspecified atom stereocenters. The predicted octanol–water partition coefficient (Wildman–Crippen LogP) is 3.82. The molecule has 1 amide bonds. The van der Waals surface area contributed by atoms with Crippen molar-refractivity contribution in [2.75, 3.05) is 17.2 Å². The summed E-state index contributed by atoms with van der Waals surface area (Å²) in [6.45, 7) is 4.70. The Kier molecular flexibility index (Phi) is 5.38. The number of benzene rings is 1. The second kappa shape index (κ2) is 7.29. The molecule has 5 nitrogen and oxygen atoms in total. The van der Waals surface area contributed by atoms with E-state index in [0.29, 0.717) is 18.4 Å². The van der Waals surface area contributed by atoms with Crippen molar-refractivity contribution in [1.29, 1.82) is 0 Å². The van der Waals surface area contributed by atoms with Crippen molar-refractivity contribution in [3.63, 3.8) is 0 Å². The number of nitrogens with one attached hydrogen (secondary N) is 2. The normalized spacial score (nSPS) is 11.4. The molecule has 1 aromatic carbocycles. The zero-order valence-corrected chi connectivity index (χ0v) is 13.2. The molecule has 0 bridgehead atoms. The average Bonchev–Trinajstić information content (AvgIpc) is 2.53. The predicted molar refractivity (Wildman–Crippen MR) is 84.8 cm³/mol. The van der Waals surface area contributed by atoms with Crippen molar-refractivity contribution in [2.45, 2.75) is 20.0 Å². The van der Waals surface area contributed by atoms with E-state index in [1.165, 1.54) is 24.4 Å². The van der Waals surface area contributed by atoms with Gasteiger partial charge in [0.1, 0.15) is 5.69 Å². The molecule has 0 aliphatic heterocycles. The van der Waals surface area contributed by atoms with Gasteiger partial charge in [0, 0.05) is 18.4 Å². The minimum atomic E-state index is -4.41. The zero-order chi connectivity index (χ0) is 17.7. The maximum Gasteiger partial charge on any atom is 0.416 e. The Morgan fingerprint density at radius 1 is 1.17 bits per heavy atom. The first-order valence-electron chi connectivity index (χ1n) is 7.31. The van der Waals surface area contributed by atoms with E-state index in [2.05, 4.69) is 20.6 Å². The molecule has 0 fully saturated rings. The van der Waals surface area contributed by atoms with Crippen LogP contribution in [-0.2, 0) is 6.18 Å². The lowest BCUT2D eigenvalue weighted by Crippen LogP contribution is -2.16. The quantitative estimate of drug-likeness (QED) is 0.870. The minimum Gasteiger partial charge on any atom is -0.354 e. The highest BCUT2D eigenvalue weighted by Gasteiger charge is 2.30. The van der Waals surface area contributed by atoms with E-state index in [0.717, 1.165) is 12.1 Å². The molecular formula is C16H17F3N4O. The Hall–Kier alpha value is -2.64. The molecule has 0 aliphatic rings. The van der Waals surface area contributed by atoms with Crippen LogP contribution in [-0.4, -0.2) is 22.4 Å². The summed E-state index contributed by atoms with van der Waals surface area (Å²) in [6.07, 6.45) is -2.97. The van der Waals surface area contributed by atoms with Crippen LogP contribution in [0.3, 0.4) is 0 Å². The topological polar surface area (TPSA) is 66.9 Å². The number of carbonyl (C=O) groups excluding carboxylic acids is 1. The van der Waals surface area contributed by atoms with Crippen molar-refractivity contribution < 1.29 is 18.0 Å². The Morgan fingerprint density at radius 2 is 1.83 bits per heavy atom. The van der Waals surface area contributed by atoms with Gasteiger partial charge in [0.15, 0.2) is 0 Å². The van der Waals surface area contributed by atoms with Gasteiger partial charge >= 0.3 is 6.18 Å². The smallest absolute Gasteiger partial charge is 0.354 e. The number of aromatic nitrogens is 2. The van der Waals surface area contributed by atoms with E-state index in [4.69, 9.17) is 0 Å². The summed E-state index contributed by atoms with van der Waals surface area (Å²) in [6, 6.07) is 5.63.